The van der Waals surface area contributed by atoms with E-state index in [-0.39, 0.29) is 0 Å². The van der Waals surface area contributed by atoms with Gasteiger partial charge in [0.2, 0.25) is 0 Å². The van der Waals surface area contributed by atoms with Crippen molar-refractivity contribution in [3.63, 3.8) is 0 Å². The third-order valence-corrected chi connectivity index (χ3v) is 3.79. The average Bonchev–Trinajstić information content (AvgIpc) is 2.66. The van der Waals surface area contributed by atoms with Crippen molar-refractivity contribution < 1.29 is 9.15 Å². The van der Waals surface area contributed by atoms with E-state index in [1.807, 2.05) is 30.3 Å². The van der Waals surface area contributed by atoms with E-state index < -0.39 is 0 Å². The molecule has 0 aliphatic carbocycles. The Kier molecular flexibility index (Phi) is 4.02. The van der Waals surface area contributed by atoms with E-state index in [4.69, 9.17) is 9.15 Å². The van der Waals surface area contributed by atoms with Crippen molar-refractivity contribution in [2.24, 2.45) is 4.99 Å². The zero-order chi connectivity index (χ0) is 12.3. The summed E-state index contributed by atoms with van der Waals surface area (Å²) in [7, 11) is 1.62. The van der Waals surface area contributed by atoms with Gasteiger partial charge < -0.3 is 9.15 Å². The van der Waals surface area contributed by atoms with Crippen molar-refractivity contribution in [3.8, 4) is 5.75 Å². The number of benzene rings is 1. The SMILES string of the molecule is COc1ccccc1N=Cc1cc(Br)c(Br)o1. The molecule has 0 saturated carbocycles. The van der Waals surface area contributed by atoms with E-state index in [2.05, 4.69) is 36.9 Å². The van der Waals surface area contributed by atoms with Crippen molar-refractivity contribution in [2.75, 3.05) is 7.11 Å². The number of halogens is 2. The van der Waals surface area contributed by atoms with E-state index >= 15 is 0 Å². The highest BCUT2D eigenvalue weighted by molar-refractivity contribution is 9.13. The summed E-state index contributed by atoms with van der Waals surface area (Å²) in [6.45, 7) is 0. The monoisotopic (exact) mass is 357 g/mol. The molecule has 0 spiro atoms. The lowest BCUT2D eigenvalue weighted by Gasteiger charge is -2.01. The predicted molar refractivity (Wildman–Crippen MR) is 74.4 cm³/mol. The highest BCUT2D eigenvalue weighted by Crippen LogP contribution is 2.28. The van der Waals surface area contributed by atoms with Crippen LogP contribution in [0, 0.1) is 0 Å². The van der Waals surface area contributed by atoms with E-state index in [1.165, 1.54) is 0 Å². The Labute approximate surface area is 116 Å². The number of methoxy groups -OCH3 is 1. The third-order valence-electron chi connectivity index (χ3n) is 2.08. The number of hydrogen-bond acceptors (Lipinski definition) is 3. The molecular formula is C12H9Br2NO2. The molecule has 1 aromatic carbocycles. The zero-order valence-electron chi connectivity index (χ0n) is 8.98. The highest BCUT2D eigenvalue weighted by Gasteiger charge is 2.04. The van der Waals surface area contributed by atoms with Crippen LogP contribution in [0.15, 0.2) is 48.9 Å². The molecule has 1 aromatic heterocycles. The summed E-state index contributed by atoms with van der Waals surface area (Å²) < 4.78 is 12.1. The molecular weight excluding hydrogens is 350 g/mol. The Bertz CT molecular complexity index is 530. The molecule has 0 aliphatic heterocycles. The van der Waals surface area contributed by atoms with Crippen LogP contribution in [0.4, 0.5) is 5.69 Å². The minimum Gasteiger partial charge on any atom is -0.494 e. The summed E-state index contributed by atoms with van der Waals surface area (Å²) >= 11 is 6.61. The van der Waals surface area contributed by atoms with Crippen molar-refractivity contribution in [1.29, 1.82) is 0 Å². The molecule has 17 heavy (non-hydrogen) atoms. The number of para-hydroxylation sites is 2. The van der Waals surface area contributed by atoms with Gasteiger partial charge in [-0.05, 0) is 44.0 Å². The minimum absolute atomic E-state index is 0.652. The van der Waals surface area contributed by atoms with Crippen molar-refractivity contribution in [3.05, 3.63) is 45.2 Å². The Morgan fingerprint density at radius 2 is 2.06 bits per heavy atom. The van der Waals surface area contributed by atoms with Crippen LogP contribution in [-0.2, 0) is 0 Å². The highest BCUT2D eigenvalue weighted by atomic mass is 79.9. The smallest absolute Gasteiger partial charge is 0.184 e. The van der Waals surface area contributed by atoms with Crippen LogP contribution in [0.1, 0.15) is 5.76 Å². The van der Waals surface area contributed by atoms with Gasteiger partial charge in [0, 0.05) is 6.07 Å². The molecule has 2 aromatic rings. The van der Waals surface area contributed by atoms with Crippen molar-refractivity contribution in [1.82, 2.24) is 0 Å². The number of furan rings is 1. The molecule has 0 radical (unpaired) electrons. The Hall–Kier alpha value is -1.07. The van der Waals surface area contributed by atoms with Crippen LogP contribution >= 0.6 is 31.9 Å². The normalized spacial score (nSPS) is 11.0. The number of ether oxygens (including phenoxy) is 1. The van der Waals surface area contributed by atoms with Crippen molar-refractivity contribution >= 4 is 43.8 Å². The van der Waals surface area contributed by atoms with Gasteiger partial charge in [-0.3, -0.25) is 0 Å². The number of hydrogen-bond donors (Lipinski definition) is 0. The summed E-state index contributed by atoms with van der Waals surface area (Å²) in [6.07, 6.45) is 1.65. The molecule has 0 aliphatic rings. The van der Waals surface area contributed by atoms with Crippen LogP contribution in [0.3, 0.4) is 0 Å². The maximum Gasteiger partial charge on any atom is 0.184 e. The van der Waals surface area contributed by atoms with E-state index in [9.17, 15) is 0 Å². The molecule has 88 valence electrons. The van der Waals surface area contributed by atoms with Crippen molar-refractivity contribution in [2.45, 2.75) is 0 Å². The van der Waals surface area contributed by atoms with Crippen LogP contribution < -0.4 is 4.74 Å². The molecule has 3 nitrogen and oxygen atoms in total. The number of aliphatic imine (C=N–C) groups is 1. The fraction of sp³-hybridized carbons (Fsp3) is 0.0833. The molecule has 0 unspecified atom stereocenters. The fourth-order valence-corrected chi connectivity index (χ4v) is 1.90. The first-order valence-corrected chi connectivity index (χ1v) is 6.41. The summed E-state index contributed by atoms with van der Waals surface area (Å²) in [5.41, 5.74) is 0.763. The molecule has 0 saturated heterocycles. The summed E-state index contributed by atoms with van der Waals surface area (Å²) in [6, 6.07) is 9.38. The third kappa shape index (κ3) is 2.98. The maximum absolute atomic E-state index is 5.39. The molecule has 0 N–H and O–H groups in total. The van der Waals surface area contributed by atoms with E-state index in [1.54, 1.807) is 13.3 Å². The van der Waals surface area contributed by atoms with Gasteiger partial charge in [0.1, 0.15) is 17.2 Å². The molecule has 2 rings (SSSR count). The Balaban J connectivity index is 2.25. The van der Waals surface area contributed by atoms with Crippen LogP contribution in [-0.4, -0.2) is 13.3 Å². The first-order valence-electron chi connectivity index (χ1n) is 4.82. The second kappa shape index (κ2) is 5.51. The maximum atomic E-state index is 5.39. The van der Waals surface area contributed by atoms with Crippen LogP contribution in [0.5, 0.6) is 5.75 Å². The Morgan fingerprint density at radius 3 is 2.71 bits per heavy atom. The van der Waals surface area contributed by atoms with Gasteiger partial charge >= 0.3 is 0 Å². The van der Waals surface area contributed by atoms with Gasteiger partial charge in [0.15, 0.2) is 4.67 Å². The van der Waals surface area contributed by atoms with Gasteiger partial charge in [0.05, 0.1) is 17.8 Å². The standard InChI is InChI=1S/C12H9Br2NO2/c1-16-11-5-3-2-4-10(11)15-7-8-6-9(13)12(14)17-8/h2-7H,1H3. The molecule has 0 fully saturated rings. The molecule has 0 atom stereocenters. The summed E-state index contributed by atoms with van der Waals surface area (Å²) in [5.74, 6) is 1.39. The van der Waals surface area contributed by atoms with Gasteiger partial charge in [-0.25, -0.2) is 4.99 Å². The predicted octanol–water partition coefficient (Wildman–Crippen LogP) is 4.56. The summed E-state index contributed by atoms with van der Waals surface area (Å²) in [5, 5.41) is 0. The lowest BCUT2D eigenvalue weighted by Crippen LogP contribution is -1.83. The summed E-state index contributed by atoms with van der Waals surface area (Å²) in [4.78, 5) is 4.32. The molecule has 0 amide bonds. The lowest BCUT2D eigenvalue weighted by molar-refractivity contribution is 0.416. The van der Waals surface area contributed by atoms with Gasteiger partial charge in [0.25, 0.3) is 0 Å². The second-order valence-electron chi connectivity index (χ2n) is 3.20. The average molecular weight is 359 g/mol. The van der Waals surface area contributed by atoms with Crippen LogP contribution in [0.25, 0.3) is 0 Å². The molecule has 1 heterocycles. The number of nitrogens with zero attached hydrogens (tertiary/aromatic N) is 1. The topological polar surface area (TPSA) is 34.7 Å². The zero-order valence-corrected chi connectivity index (χ0v) is 12.2. The molecule has 0 bridgehead atoms. The van der Waals surface area contributed by atoms with Gasteiger partial charge in [-0.2, -0.15) is 0 Å². The van der Waals surface area contributed by atoms with E-state index in [0.29, 0.717) is 10.4 Å². The quantitative estimate of drug-likeness (QED) is 0.753. The largest absolute Gasteiger partial charge is 0.494 e. The lowest BCUT2D eigenvalue weighted by atomic mass is 10.3. The van der Waals surface area contributed by atoms with Gasteiger partial charge in [-0.1, -0.05) is 12.1 Å². The minimum atomic E-state index is 0.652. The van der Waals surface area contributed by atoms with Crippen LogP contribution in [0.2, 0.25) is 0 Å². The first kappa shape index (κ1) is 12.4. The van der Waals surface area contributed by atoms with Gasteiger partial charge in [-0.15, -0.1) is 0 Å². The Morgan fingerprint density at radius 1 is 1.29 bits per heavy atom. The number of rotatable bonds is 3. The fourth-order valence-electron chi connectivity index (χ4n) is 1.30. The first-order chi connectivity index (χ1) is 8.20. The van der Waals surface area contributed by atoms with E-state index in [0.717, 1.165) is 15.9 Å². The molecule has 5 heteroatoms. The second-order valence-corrected chi connectivity index (χ2v) is 4.78.